The van der Waals surface area contributed by atoms with Gasteiger partial charge in [0, 0.05) is 11.4 Å². The lowest BCUT2D eigenvalue weighted by molar-refractivity contribution is -0.114. The number of aryl methyl sites for hydroxylation is 1. The highest BCUT2D eigenvalue weighted by Gasteiger charge is 2.21. The van der Waals surface area contributed by atoms with Crippen LogP contribution < -0.4 is 9.50 Å². The molecule has 2 aromatic rings. The molecule has 0 spiro atoms. The molecule has 5 nitrogen and oxygen atoms in total. The Bertz CT molecular complexity index is 818. The molecule has 0 saturated heterocycles. The van der Waals surface area contributed by atoms with E-state index in [-0.39, 0.29) is 16.6 Å². The number of carbonyl (C=O) groups excluding carboxylic acids is 1. The maximum Gasteiger partial charge on any atom is 0.340 e. The summed E-state index contributed by atoms with van der Waals surface area (Å²) in [7, 11) is -4.02. The Morgan fingerprint density at radius 3 is 2.50 bits per heavy atom. The van der Waals surface area contributed by atoms with Crippen molar-refractivity contribution in [2.45, 2.75) is 18.7 Å². The number of hydrogen-bond donors (Lipinski definition) is 1. The van der Waals surface area contributed by atoms with Crippen molar-refractivity contribution in [1.29, 1.82) is 0 Å². The molecule has 0 aliphatic heterocycles. The van der Waals surface area contributed by atoms with Gasteiger partial charge in [-0.1, -0.05) is 18.2 Å². The highest BCUT2D eigenvalue weighted by atomic mass is 79.9. The van der Waals surface area contributed by atoms with Crippen LogP contribution in [0.15, 0.2) is 51.8 Å². The second kappa shape index (κ2) is 6.50. The quantitative estimate of drug-likeness (QED) is 0.820. The summed E-state index contributed by atoms with van der Waals surface area (Å²) in [5.41, 5.74) is 1.21. The van der Waals surface area contributed by atoms with Crippen molar-refractivity contribution < 1.29 is 17.4 Å². The Labute approximate surface area is 137 Å². The summed E-state index contributed by atoms with van der Waals surface area (Å²) < 4.78 is 30.4. The van der Waals surface area contributed by atoms with E-state index >= 15 is 0 Å². The van der Waals surface area contributed by atoms with Crippen LogP contribution in [-0.2, 0) is 14.9 Å². The fourth-order valence-corrected chi connectivity index (χ4v) is 3.90. The van der Waals surface area contributed by atoms with E-state index in [1.165, 1.54) is 19.1 Å². The molecule has 2 rings (SSSR count). The zero-order valence-electron chi connectivity index (χ0n) is 12.0. The van der Waals surface area contributed by atoms with E-state index in [2.05, 4.69) is 21.2 Å². The fourth-order valence-electron chi connectivity index (χ4n) is 1.80. The lowest BCUT2D eigenvalue weighted by atomic mass is 10.2. The average molecular weight is 384 g/mol. The molecule has 1 N–H and O–H groups in total. The van der Waals surface area contributed by atoms with Gasteiger partial charge in [0.15, 0.2) is 5.75 Å². The lowest BCUT2D eigenvalue weighted by Gasteiger charge is -2.12. The first-order valence-corrected chi connectivity index (χ1v) is 8.57. The van der Waals surface area contributed by atoms with Gasteiger partial charge in [0.2, 0.25) is 5.91 Å². The minimum Gasteiger partial charge on any atom is -0.377 e. The normalized spacial score (nSPS) is 11.0. The van der Waals surface area contributed by atoms with Crippen LogP contribution >= 0.6 is 15.9 Å². The van der Waals surface area contributed by atoms with E-state index in [0.717, 1.165) is 5.56 Å². The molecule has 0 saturated carbocycles. The van der Waals surface area contributed by atoms with Gasteiger partial charge in [-0.2, -0.15) is 8.42 Å². The van der Waals surface area contributed by atoms with E-state index in [0.29, 0.717) is 10.2 Å². The second-order valence-electron chi connectivity index (χ2n) is 4.65. The number of carbonyl (C=O) groups is 1. The molecule has 116 valence electrons. The van der Waals surface area contributed by atoms with Gasteiger partial charge >= 0.3 is 10.1 Å². The van der Waals surface area contributed by atoms with E-state index < -0.39 is 10.1 Å². The minimum absolute atomic E-state index is 0.0238. The molecule has 0 heterocycles. The van der Waals surface area contributed by atoms with Gasteiger partial charge < -0.3 is 9.50 Å². The van der Waals surface area contributed by atoms with E-state index in [1.54, 1.807) is 30.3 Å². The van der Waals surface area contributed by atoms with E-state index in [4.69, 9.17) is 4.18 Å². The maximum atomic E-state index is 12.4. The molecule has 0 atom stereocenters. The number of nitrogens with one attached hydrogen (secondary N) is 1. The Hall–Kier alpha value is -1.86. The third kappa shape index (κ3) is 3.86. The van der Waals surface area contributed by atoms with Crippen LogP contribution in [0.1, 0.15) is 12.5 Å². The molecule has 0 fully saturated rings. The topological polar surface area (TPSA) is 72.5 Å². The van der Waals surface area contributed by atoms with Gasteiger partial charge in [0.05, 0.1) is 5.69 Å². The molecule has 0 aliphatic carbocycles. The monoisotopic (exact) mass is 383 g/mol. The molecule has 0 radical (unpaired) electrons. The number of rotatable bonds is 4. The van der Waals surface area contributed by atoms with Crippen LogP contribution in [-0.4, -0.2) is 14.3 Å². The van der Waals surface area contributed by atoms with Gasteiger partial charge in [-0.15, -0.1) is 0 Å². The van der Waals surface area contributed by atoms with Gasteiger partial charge in [-0.25, -0.2) is 0 Å². The highest BCUT2D eigenvalue weighted by molar-refractivity contribution is 9.10. The molecular formula is C15H14BrNO4S. The van der Waals surface area contributed by atoms with E-state index in [9.17, 15) is 13.2 Å². The molecule has 2 aromatic carbocycles. The van der Waals surface area contributed by atoms with Crippen LogP contribution in [0.2, 0.25) is 0 Å². The number of anilines is 1. The van der Waals surface area contributed by atoms with Crippen molar-refractivity contribution >= 4 is 37.6 Å². The standard InChI is InChI=1S/C15H14BrNO4S/c1-10-7-8-15(12(16)9-10)22(19,20)21-14-6-4-3-5-13(14)17-11(2)18/h3-9H,1-2H3,(H,17,18). The average Bonchev–Trinajstić information content (AvgIpc) is 2.39. The molecule has 0 aliphatic rings. The molecule has 7 heteroatoms. The summed E-state index contributed by atoms with van der Waals surface area (Å²) in [6.07, 6.45) is 0. The number of hydrogen-bond acceptors (Lipinski definition) is 4. The van der Waals surface area contributed by atoms with Crippen molar-refractivity contribution in [3.8, 4) is 5.75 Å². The third-order valence-electron chi connectivity index (χ3n) is 2.75. The van der Waals surface area contributed by atoms with Crippen molar-refractivity contribution in [2.24, 2.45) is 0 Å². The minimum atomic E-state index is -4.02. The summed E-state index contributed by atoms with van der Waals surface area (Å²) in [6, 6.07) is 11.2. The number of benzene rings is 2. The Morgan fingerprint density at radius 1 is 1.18 bits per heavy atom. The van der Waals surface area contributed by atoms with Crippen molar-refractivity contribution in [3.63, 3.8) is 0 Å². The maximum absolute atomic E-state index is 12.4. The van der Waals surface area contributed by atoms with Crippen molar-refractivity contribution in [3.05, 3.63) is 52.5 Å². The highest BCUT2D eigenvalue weighted by Crippen LogP contribution is 2.30. The van der Waals surface area contributed by atoms with Crippen LogP contribution in [0.4, 0.5) is 5.69 Å². The predicted molar refractivity (Wildman–Crippen MR) is 87.4 cm³/mol. The predicted octanol–water partition coefficient (Wildman–Crippen LogP) is 3.48. The van der Waals surface area contributed by atoms with E-state index in [1.807, 2.05) is 6.92 Å². The zero-order chi connectivity index (χ0) is 16.3. The third-order valence-corrected chi connectivity index (χ3v) is 4.97. The van der Waals surface area contributed by atoms with Gasteiger partial charge in [-0.05, 0) is 52.7 Å². The first kappa shape index (κ1) is 16.5. The molecule has 0 unspecified atom stereocenters. The fraction of sp³-hybridized carbons (Fsp3) is 0.133. The Balaban J connectivity index is 2.39. The first-order chi connectivity index (χ1) is 10.3. The second-order valence-corrected chi connectivity index (χ2v) is 7.02. The first-order valence-electron chi connectivity index (χ1n) is 6.37. The number of para-hydroxylation sites is 2. The van der Waals surface area contributed by atoms with Crippen LogP contribution in [0.5, 0.6) is 5.75 Å². The number of halogens is 1. The Kier molecular flexibility index (Phi) is 4.87. The van der Waals surface area contributed by atoms with Crippen molar-refractivity contribution in [1.82, 2.24) is 0 Å². The van der Waals surface area contributed by atoms with Gasteiger partial charge in [-0.3, -0.25) is 4.79 Å². The largest absolute Gasteiger partial charge is 0.377 e. The smallest absolute Gasteiger partial charge is 0.340 e. The summed E-state index contributed by atoms with van der Waals surface area (Å²) >= 11 is 3.23. The summed E-state index contributed by atoms with van der Waals surface area (Å²) in [5, 5.41) is 2.53. The van der Waals surface area contributed by atoms with Crippen molar-refractivity contribution in [2.75, 3.05) is 5.32 Å². The summed E-state index contributed by atoms with van der Waals surface area (Å²) in [6.45, 7) is 3.19. The van der Waals surface area contributed by atoms with Crippen LogP contribution in [0.3, 0.4) is 0 Å². The molecule has 1 amide bonds. The lowest BCUT2D eigenvalue weighted by Crippen LogP contribution is -2.13. The molecular weight excluding hydrogens is 370 g/mol. The number of amides is 1. The zero-order valence-corrected chi connectivity index (χ0v) is 14.4. The van der Waals surface area contributed by atoms with Gasteiger partial charge in [0.25, 0.3) is 0 Å². The molecule has 22 heavy (non-hydrogen) atoms. The summed E-state index contributed by atoms with van der Waals surface area (Å²) in [4.78, 5) is 11.2. The van der Waals surface area contributed by atoms with Crippen LogP contribution in [0, 0.1) is 6.92 Å². The van der Waals surface area contributed by atoms with Gasteiger partial charge in [0.1, 0.15) is 4.90 Å². The molecule has 0 bridgehead atoms. The van der Waals surface area contributed by atoms with Crippen LogP contribution in [0.25, 0.3) is 0 Å². The SMILES string of the molecule is CC(=O)Nc1ccccc1OS(=O)(=O)c1ccc(C)cc1Br. The summed E-state index contributed by atoms with van der Waals surface area (Å²) in [5.74, 6) is -0.255. The Morgan fingerprint density at radius 2 is 1.86 bits per heavy atom. The molecule has 0 aromatic heterocycles.